The van der Waals surface area contributed by atoms with Gasteiger partial charge in [-0.2, -0.15) is 5.10 Å². The van der Waals surface area contributed by atoms with E-state index in [-0.39, 0.29) is 11.5 Å². The van der Waals surface area contributed by atoms with Gasteiger partial charge in [0.1, 0.15) is 11.5 Å². The average molecular weight is 266 g/mol. The number of aromatic hydroxyl groups is 2. The van der Waals surface area contributed by atoms with Gasteiger partial charge in [-0.3, -0.25) is 0 Å². The second-order valence-electron chi connectivity index (χ2n) is 4.67. The Balaban J connectivity index is 2.12. The average Bonchev–Trinajstić information content (AvgIpc) is 2.88. The van der Waals surface area contributed by atoms with E-state index in [0.29, 0.717) is 5.56 Å². The van der Waals surface area contributed by atoms with Gasteiger partial charge in [-0.05, 0) is 37.3 Å². The number of hydrogen-bond acceptors (Lipinski definition) is 3. The molecule has 1 aromatic heterocycles. The van der Waals surface area contributed by atoms with Gasteiger partial charge in [-0.15, -0.1) is 0 Å². The molecule has 0 saturated heterocycles. The van der Waals surface area contributed by atoms with Crippen LogP contribution in [0.5, 0.6) is 11.5 Å². The van der Waals surface area contributed by atoms with Crippen LogP contribution in [0.15, 0.2) is 54.7 Å². The van der Waals surface area contributed by atoms with E-state index in [2.05, 4.69) is 5.10 Å². The number of aryl methyl sites for hydroxylation is 1. The Morgan fingerprint density at radius 1 is 0.950 bits per heavy atom. The second kappa shape index (κ2) is 4.74. The van der Waals surface area contributed by atoms with Gasteiger partial charge in [0.05, 0.1) is 17.6 Å². The summed E-state index contributed by atoms with van der Waals surface area (Å²) in [6.07, 6.45) is 1.68. The highest BCUT2D eigenvalue weighted by molar-refractivity contribution is 5.69. The molecule has 4 nitrogen and oxygen atoms in total. The molecule has 0 aliphatic carbocycles. The summed E-state index contributed by atoms with van der Waals surface area (Å²) >= 11 is 0. The minimum atomic E-state index is 0.0267. The van der Waals surface area contributed by atoms with Crippen molar-refractivity contribution >= 4 is 0 Å². The predicted molar refractivity (Wildman–Crippen MR) is 77.1 cm³/mol. The molecular weight excluding hydrogens is 252 g/mol. The molecule has 0 unspecified atom stereocenters. The Morgan fingerprint density at radius 2 is 1.70 bits per heavy atom. The fourth-order valence-electron chi connectivity index (χ4n) is 2.14. The summed E-state index contributed by atoms with van der Waals surface area (Å²) in [5.41, 5.74) is 3.49. The second-order valence-corrected chi connectivity index (χ2v) is 4.67. The van der Waals surface area contributed by atoms with Crippen LogP contribution < -0.4 is 0 Å². The highest BCUT2D eigenvalue weighted by Crippen LogP contribution is 2.32. The summed E-state index contributed by atoms with van der Waals surface area (Å²) in [5.74, 6) is 0.0616. The van der Waals surface area contributed by atoms with Crippen molar-refractivity contribution in [3.8, 4) is 28.4 Å². The number of phenolic OH excluding ortho intramolecular Hbond substituents is 2. The van der Waals surface area contributed by atoms with Crippen LogP contribution in [-0.2, 0) is 0 Å². The van der Waals surface area contributed by atoms with Crippen LogP contribution in [0.4, 0.5) is 0 Å². The first-order valence-corrected chi connectivity index (χ1v) is 6.28. The third-order valence-corrected chi connectivity index (χ3v) is 3.18. The molecule has 4 heteroatoms. The summed E-state index contributed by atoms with van der Waals surface area (Å²) < 4.78 is 1.76. The van der Waals surface area contributed by atoms with E-state index in [1.165, 1.54) is 11.6 Å². The standard InChI is InChI=1S/C16H14N2O2/c1-11-2-4-12(5-3-11)18-15(8-9-17-18)14-7-6-13(19)10-16(14)20/h2-10,19-20H,1H3. The van der Waals surface area contributed by atoms with Crippen LogP contribution in [-0.4, -0.2) is 20.0 Å². The van der Waals surface area contributed by atoms with Gasteiger partial charge >= 0.3 is 0 Å². The maximum absolute atomic E-state index is 9.98. The van der Waals surface area contributed by atoms with E-state index in [0.717, 1.165) is 11.4 Å². The first kappa shape index (κ1) is 12.3. The Hall–Kier alpha value is -2.75. The first-order valence-electron chi connectivity index (χ1n) is 6.28. The van der Waals surface area contributed by atoms with Crippen molar-refractivity contribution in [1.82, 2.24) is 9.78 Å². The van der Waals surface area contributed by atoms with Gasteiger partial charge in [0, 0.05) is 11.6 Å². The molecule has 0 saturated carbocycles. The van der Waals surface area contributed by atoms with Gasteiger partial charge in [0.15, 0.2) is 0 Å². The van der Waals surface area contributed by atoms with Gasteiger partial charge < -0.3 is 10.2 Å². The molecule has 100 valence electrons. The molecule has 1 heterocycles. The topological polar surface area (TPSA) is 58.3 Å². The van der Waals surface area contributed by atoms with Crippen molar-refractivity contribution < 1.29 is 10.2 Å². The fraction of sp³-hybridized carbons (Fsp3) is 0.0625. The van der Waals surface area contributed by atoms with Gasteiger partial charge in [0.25, 0.3) is 0 Å². The van der Waals surface area contributed by atoms with Crippen molar-refractivity contribution in [3.63, 3.8) is 0 Å². The lowest BCUT2D eigenvalue weighted by molar-refractivity contribution is 0.451. The molecule has 20 heavy (non-hydrogen) atoms. The largest absolute Gasteiger partial charge is 0.508 e. The minimum absolute atomic E-state index is 0.0267. The number of nitrogens with zero attached hydrogens (tertiary/aromatic N) is 2. The summed E-state index contributed by atoms with van der Waals surface area (Å²) in [6.45, 7) is 2.03. The lowest BCUT2D eigenvalue weighted by Crippen LogP contribution is -1.98. The van der Waals surface area contributed by atoms with E-state index in [1.807, 2.05) is 37.3 Å². The van der Waals surface area contributed by atoms with Crippen molar-refractivity contribution in [3.05, 3.63) is 60.3 Å². The molecule has 3 rings (SSSR count). The molecule has 0 aliphatic heterocycles. The van der Waals surface area contributed by atoms with E-state index >= 15 is 0 Å². The molecule has 0 aliphatic rings. The zero-order valence-corrected chi connectivity index (χ0v) is 11.0. The number of phenols is 2. The molecule has 0 bridgehead atoms. The third-order valence-electron chi connectivity index (χ3n) is 3.18. The summed E-state index contributed by atoms with van der Waals surface area (Å²) in [4.78, 5) is 0. The number of rotatable bonds is 2. The highest BCUT2D eigenvalue weighted by atomic mass is 16.3. The molecule has 3 aromatic rings. The van der Waals surface area contributed by atoms with E-state index in [9.17, 15) is 10.2 Å². The number of hydrogen-bond donors (Lipinski definition) is 2. The quantitative estimate of drug-likeness (QED) is 0.748. The Labute approximate surface area is 116 Å². The highest BCUT2D eigenvalue weighted by Gasteiger charge is 2.11. The van der Waals surface area contributed by atoms with Crippen molar-refractivity contribution in [2.75, 3.05) is 0 Å². The molecular formula is C16H14N2O2. The van der Waals surface area contributed by atoms with E-state index < -0.39 is 0 Å². The molecule has 0 atom stereocenters. The molecule has 0 fully saturated rings. The number of aromatic nitrogens is 2. The molecule has 0 amide bonds. The van der Waals surface area contributed by atoms with Gasteiger partial charge in [0.2, 0.25) is 0 Å². The zero-order chi connectivity index (χ0) is 14.1. The maximum atomic E-state index is 9.98. The summed E-state index contributed by atoms with van der Waals surface area (Å²) in [5, 5.41) is 23.6. The first-order chi connectivity index (χ1) is 9.65. The molecule has 2 N–H and O–H groups in total. The smallest absolute Gasteiger partial charge is 0.128 e. The van der Waals surface area contributed by atoms with Crippen LogP contribution in [0.2, 0.25) is 0 Å². The molecule has 0 spiro atoms. The summed E-state index contributed by atoms with van der Waals surface area (Å²) in [7, 11) is 0. The van der Waals surface area contributed by atoms with E-state index in [4.69, 9.17) is 0 Å². The summed E-state index contributed by atoms with van der Waals surface area (Å²) in [6, 6.07) is 14.3. The monoisotopic (exact) mass is 266 g/mol. The molecule has 2 aromatic carbocycles. The van der Waals surface area contributed by atoms with Gasteiger partial charge in [-0.25, -0.2) is 4.68 Å². The Bertz CT molecular complexity index is 745. The predicted octanol–water partition coefficient (Wildman–Crippen LogP) is 3.26. The van der Waals surface area contributed by atoms with Gasteiger partial charge in [-0.1, -0.05) is 17.7 Å². The lowest BCUT2D eigenvalue weighted by Gasteiger charge is -2.09. The van der Waals surface area contributed by atoms with Crippen LogP contribution in [0.25, 0.3) is 16.9 Å². The lowest BCUT2D eigenvalue weighted by atomic mass is 10.1. The van der Waals surface area contributed by atoms with Crippen LogP contribution in [0.3, 0.4) is 0 Å². The Morgan fingerprint density at radius 3 is 2.40 bits per heavy atom. The van der Waals surface area contributed by atoms with Crippen LogP contribution in [0, 0.1) is 6.92 Å². The Kier molecular flexibility index (Phi) is 2.91. The van der Waals surface area contributed by atoms with Crippen molar-refractivity contribution in [2.45, 2.75) is 6.92 Å². The normalized spacial score (nSPS) is 10.7. The number of benzene rings is 2. The van der Waals surface area contributed by atoms with Crippen molar-refractivity contribution in [1.29, 1.82) is 0 Å². The van der Waals surface area contributed by atoms with E-state index in [1.54, 1.807) is 23.0 Å². The fourth-order valence-corrected chi connectivity index (χ4v) is 2.14. The third kappa shape index (κ3) is 2.12. The minimum Gasteiger partial charge on any atom is -0.508 e. The van der Waals surface area contributed by atoms with Crippen LogP contribution >= 0.6 is 0 Å². The SMILES string of the molecule is Cc1ccc(-n2nccc2-c2ccc(O)cc2O)cc1. The molecule has 0 radical (unpaired) electrons. The maximum Gasteiger partial charge on any atom is 0.128 e. The zero-order valence-electron chi connectivity index (χ0n) is 11.0. The van der Waals surface area contributed by atoms with Crippen molar-refractivity contribution in [2.24, 2.45) is 0 Å². The van der Waals surface area contributed by atoms with Crippen LogP contribution in [0.1, 0.15) is 5.56 Å².